The summed E-state index contributed by atoms with van der Waals surface area (Å²) in [6, 6.07) is 11.8. The maximum atomic E-state index is 13.8. The summed E-state index contributed by atoms with van der Waals surface area (Å²) in [5.41, 5.74) is 2.98. The van der Waals surface area contributed by atoms with Gasteiger partial charge >= 0.3 is 0 Å². The fourth-order valence-corrected chi connectivity index (χ4v) is 4.88. The topological polar surface area (TPSA) is 96.0 Å². The number of anilines is 1. The molecule has 2 rings (SSSR count). The van der Waals surface area contributed by atoms with Gasteiger partial charge < -0.3 is 15.0 Å². The van der Waals surface area contributed by atoms with Crippen molar-refractivity contribution in [3.63, 3.8) is 0 Å². The van der Waals surface area contributed by atoms with E-state index < -0.39 is 28.5 Å². The van der Waals surface area contributed by atoms with Crippen molar-refractivity contribution in [1.29, 1.82) is 0 Å². The highest BCUT2D eigenvalue weighted by Crippen LogP contribution is 2.25. The molecule has 0 radical (unpaired) electrons. The molecule has 0 fully saturated rings. The summed E-state index contributed by atoms with van der Waals surface area (Å²) in [4.78, 5) is 28.4. The Hall–Kier alpha value is -3.07. The Bertz CT molecular complexity index is 1150. The molecule has 36 heavy (non-hydrogen) atoms. The van der Waals surface area contributed by atoms with E-state index in [1.54, 1.807) is 25.3 Å². The maximum Gasteiger partial charge on any atom is 0.244 e. The number of carbonyl (C=O) groups is 2. The third-order valence-electron chi connectivity index (χ3n) is 6.20. The number of nitrogens with zero attached hydrogens (tertiary/aromatic N) is 2. The van der Waals surface area contributed by atoms with Crippen LogP contribution < -0.4 is 14.4 Å². The van der Waals surface area contributed by atoms with Gasteiger partial charge in [-0.3, -0.25) is 13.9 Å². The Morgan fingerprint density at radius 1 is 1.03 bits per heavy atom. The number of hydrogen-bond acceptors (Lipinski definition) is 5. The molecule has 0 saturated heterocycles. The molecule has 0 aliphatic carbocycles. The van der Waals surface area contributed by atoms with Gasteiger partial charge in [0.2, 0.25) is 21.8 Å². The number of hydrogen-bond donors (Lipinski definition) is 1. The number of sulfonamides is 1. The number of aryl methyl sites for hydroxylation is 2. The van der Waals surface area contributed by atoms with Crippen LogP contribution >= 0.6 is 0 Å². The van der Waals surface area contributed by atoms with Gasteiger partial charge in [-0.1, -0.05) is 43.7 Å². The second-order valence-corrected chi connectivity index (χ2v) is 11.1. The molecule has 9 heteroatoms. The van der Waals surface area contributed by atoms with Crippen LogP contribution in [0.4, 0.5) is 5.69 Å². The quantitative estimate of drug-likeness (QED) is 0.462. The molecule has 0 aromatic heterocycles. The molecule has 0 aliphatic heterocycles. The summed E-state index contributed by atoms with van der Waals surface area (Å²) in [5, 5.41) is 2.97. The first kappa shape index (κ1) is 29.2. The van der Waals surface area contributed by atoms with Crippen LogP contribution in [0, 0.1) is 13.8 Å². The van der Waals surface area contributed by atoms with E-state index in [1.807, 2.05) is 58.9 Å². The lowest BCUT2D eigenvalue weighted by Gasteiger charge is -2.33. The van der Waals surface area contributed by atoms with Crippen molar-refractivity contribution in [2.24, 2.45) is 0 Å². The van der Waals surface area contributed by atoms with Crippen molar-refractivity contribution in [1.82, 2.24) is 10.2 Å². The van der Waals surface area contributed by atoms with Gasteiger partial charge in [0.1, 0.15) is 18.3 Å². The standard InChI is InChI=1S/C27H39N3O5S/c1-8-21(5)28-27(32)24(9-2)29(17-22-11-13-23(35-6)14-12-22)26(31)18-30(36(7,33)34)25-15-10-19(3)16-20(25)4/h10-16,21,24H,8-9,17-18H2,1-7H3,(H,28,32). The van der Waals surface area contributed by atoms with E-state index in [2.05, 4.69) is 5.32 Å². The summed E-state index contributed by atoms with van der Waals surface area (Å²) < 4.78 is 31.9. The maximum absolute atomic E-state index is 13.8. The summed E-state index contributed by atoms with van der Waals surface area (Å²) in [6.07, 6.45) is 2.22. The van der Waals surface area contributed by atoms with E-state index in [4.69, 9.17) is 4.74 Å². The normalized spacial score (nSPS) is 13.0. The molecule has 2 atom stereocenters. The molecule has 8 nitrogen and oxygen atoms in total. The average Bonchev–Trinajstić information content (AvgIpc) is 2.82. The zero-order valence-electron chi connectivity index (χ0n) is 22.4. The van der Waals surface area contributed by atoms with Crippen molar-refractivity contribution in [3.8, 4) is 5.75 Å². The Kier molecular flexibility index (Phi) is 10.3. The molecule has 2 amide bonds. The third kappa shape index (κ3) is 7.71. The number of methoxy groups -OCH3 is 1. The highest BCUT2D eigenvalue weighted by molar-refractivity contribution is 7.92. The molecule has 0 bridgehead atoms. The van der Waals surface area contributed by atoms with Gasteiger partial charge in [-0.15, -0.1) is 0 Å². The van der Waals surface area contributed by atoms with Crippen LogP contribution in [0.5, 0.6) is 5.75 Å². The van der Waals surface area contributed by atoms with Crippen molar-refractivity contribution < 1.29 is 22.7 Å². The van der Waals surface area contributed by atoms with Crippen LogP contribution in [0.2, 0.25) is 0 Å². The first-order valence-electron chi connectivity index (χ1n) is 12.2. The van der Waals surface area contributed by atoms with Gasteiger partial charge in [0, 0.05) is 12.6 Å². The second-order valence-electron chi connectivity index (χ2n) is 9.17. The third-order valence-corrected chi connectivity index (χ3v) is 7.33. The zero-order valence-corrected chi connectivity index (χ0v) is 23.2. The van der Waals surface area contributed by atoms with Crippen LogP contribution in [-0.4, -0.2) is 57.1 Å². The number of nitrogens with one attached hydrogen (secondary N) is 1. The molecule has 2 aromatic carbocycles. The fraction of sp³-hybridized carbons (Fsp3) is 0.481. The smallest absolute Gasteiger partial charge is 0.244 e. The van der Waals surface area contributed by atoms with Crippen LogP contribution in [0.15, 0.2) is 42.5 Å². The van der Waals surface area contributed by atoms with Gasteiger partial charge in [0.25, 0.3) is 0 Å². The molecule has 0 saturated carbocycles. The Morgan fingerprint density at radius 2 is 1.67 bits per heavy atom. The van der Waals surface area contributed by atoms with Gasteiger partial charge in [-0.2, -0.15) is 0 Å². The van der Waals surface area contributed by atoms with E-state index in [1.165, 1.54) is 4.90 Å². The van der Waals surface area contributed by atoms with E-state index in [0.717, 1.165) is 33.7 Å². The summed E-state index contributed by atoms with van der Waals surface area (Å²) >= 11 is 0. The van der Waals surface area contributed by atoms with Gasteiger partial charge in [-0.05, 0) is 62.9 Å². The summed E-state index contributed by atoms with van der Waals surface area (Å²) in [7, 11) is -2.20. The van der Waals surface area contributed by atoms with Crippen LogP contribution in [0.1, 0.15) is 50.3 Å². The number of ether oxygens (including phenoxy) is 1. The molecular weight excluding hydrogens is 478 g/mol. The molecule has 0 aliphatic rings. The van der Waals surface area contributed by atoms with Crippen LogP contribution in [-0.2, 0) is 26.2 Å². The van der Waals surface area contributed by atoms with Crippen molar-refractivity contribution in [3.05, 3.63) is 59.2 Å². The largest absolute Gasteiger partial charge is 0.497 e. The van der Waals surface area contributed by atoms with Gasteiger partial charge in [0.05, 0.1) is 19.1 Å². The predicted octanol–water partition coefficient (Wildman–Crippen LogP) is 3.80. The molecule has 0 heterocycles. The lowest BCUT2D eigenvalue weighted by molar-refractivity contribution is -0.140. The lowest BCUT2D eigenvalue weighted by Crippen LogP contribution is -2.53. The van der Waals surface area contributed by atoms with E-state index in [-0.39, 0.29) is 18.5 Å². The van der Waals surface area contributed by atoms with E-state index in [9.17, 15) is 18.0 Å². The van der Waals surface area contributed by atoms with Crippen molar-refractivity contribution in [2.75, 3.05) is 24.2 Å². The number of rotatable bonds is 12. The number of carbonyl (C=O) groups excluding carboxylic acids is 2. The minimum absolute atomic E-state index is 0.0489. The SMILES string of the molecule is CCC(C)NC(=O)C(CC)N(Cc1ccc(OC)cc1)C(=O)CN(c1ccc(C)cc1C)S(C)(=O)=O. The second kappa shape index (κ2) is 12.8. The van der Waals surface area contributed by atoms with Gasteiger partial charge in [0.15, 0.2) is 0 Å². The Balaban J connectivity index is 2.46. The number of benzene rings is 2. The van der Waals surface area contributed by atoms with Crippen molar-refractivity contribution >= 4 is 27.5 Å². The molecular formula is C27H39N3O5S. The molecule has 0 spiro atoms. The molecule has 2 unspecified atom stereocenters. The monoisotopic (exact) mass is 517 g/mol. The fourth-order valence-electron chi connectivity index (χ4n) is 3.97. The first-order valence-corrected chi connectivity index (χ1v) is 14.0. The Labute approximate surface area is 215 Å². The van der Waals surface area contributed by atoms with Crippen LogP contribution in [0.25, 0.3) is 0 Å². The highest BCUT2D eigenvalue weighted by Gasteiger charge is 2.32. The molecule has 1 N–H and O–H groups in total. The van der Waals surface area contributed by atoms with E-state index in [0.29, 0.717) is 17.9 Å². The Morgan fingerprint density at radius 3 is 2.17 bits per heavy atom. The average molecular weight is 518 g/mol. The molecule has 198 valence electrons. The zero-order chi connectivity index (χ0) is 27.0. The lowest BCUT2D eigenvalue weighted by atomic mass is 10.1. The van der Waals surface area contributed by atoms with Crippen LogP contribution in [0.3, 0.4) is 0 Å². The number of amides is 2. The van der Waals surface area contributed by atoms with Crippen molar-refractivity contribution in [2.45, 2.75) is 66.1 Å². The minimum atomic E-state index is -3.77. The molecule has 2 aromatic rings. The van der Waals surface area contributed by atoms with E-state index >= 15 is 0 Å². The van der Waals surface area contributed by atoms with Gasteiger partial charge in [-0.25, -0.2) is 8.42 Å². The summed E-state index contributed by atoms with van der Waals surface area (Å²) in [5.74, 6) is -0.0372. The predicted molar refractivity (Wildman–Crippen MR) is 144 cm³/mol. The summed E-state index contributed by atoms with van der Waals surface area (Å²) in [6.45, 7) is 9.20. The highest BCUT2D eigenvalue weighted by atomic mass is 32.2. The minimum Gasteiger partial charge on any atom is -0.497 e. The first-order chi connectivity index (χ1) is 16.9.